The zero-order valence-electron chi connectivity index (χ0n) is 9.24. The molecule has 0 bridgehead atoms. The summed E-state index contributed by atoms with van der Waals surface area (Å²) >= 11 is 0. The SMILES string of the molecule is CN1CCN(CC2CCCOC2)CC1. The Kier molecular flexibility index (Phi) is 3.79. The van der Waals surface area contributed by atoms with E-state index in [4.69, 9.17) is 4.74 Å². The molecule has 3 heteroatoms. The second-order valence-electron chi connectivity index (χ2n) is 4.69. The van der Waals surface area contributed by atoms with Crippen LogP contribution in [-0.2, 0) is 4.74 Å². The lowest BCUT2D eigenvalue weighted by atomic mass is 10.0. The molecule has 0 spiro atoms. The molecular weight excluding hydrogens is 176 g/mol. The third-order valence-electron chi connectivity index (χ3n) is 3.37. The molecule has 2 aliphatic heterocycles. The number of hydrogen-bond donors (Lipinski definition) is 0. The van der Waals surface area contributed by atoms with Crippen molar-refractivity contribution in [3.63, 3.8) is 0 Å². The van der Waals surface area contributed by atoms with E-state index in [2.05, 4.69) is 16.8 Å². The van der Waals surface area contributed by atoms with Crippen LogP contribution < -0.4 is 0 Å². The molecule has 1 atom stereocenters. The highest BCUT2D eigenvalue weighted by molar-refractivity contribution is 4.73. The fourth-order valence-corrected chi connectivity index (χ4v) is 2.35. The van der Waals surface area contributed by atoms with Crippen molar-refractivity contribution in [2.75, 3.05) is 53.0 Å². The van der Waals surface area contributed by atoms with Gasteiger partial charge in [-0.3, -0.25) is 0 Å². The van der Waals surface area contributed by atoms with Crippen LogP contribution >= 0.6 is 0 Å². The summed E-state index contributed by atoms with van der Waals surface area (Å²) < 4.78 is 5.51. The molecule has 2 saturated heterocycles. The smallest absolute Gasteiger partial charge is 0.0506 e. The molecule has 2 rings (SSSR count). The van der Waals surface area contributed by atoms with Crippen LogP contribution in [-0.4, -0.2) is 62.8 Å². The van der Waals surface area contributed by atoms with Crippen LogP contribution in [0.1, 0.15) is 12.8 Å². The lowest BCUT2D eigenvalue weighted by molar-refractivity contribution is 0.0307. The van der Waals surface area contributed by atoms with E-state index in [1.165, 1.54) is 45.6 Å². The molecule has 0 aliphatic carbocycles. The fourth-order valence-electron chi connectivity index (χ4n) is 2.35. The van der Waals surface area contributed by atoms with Gasteiger partial charge in [0.1, 0.15) is 0 Å². The summed E-state index contributed by atoms with van der Waals surface area (Å²) in [6.07, 6.45) is 2.63. The molecule has 2 heterocycles. The van der Waals surface area contributed by atoms with Crippen LogP contribution in [0.4, 0.5) is 0 Å². The number of hydrogen-bond acceptors (Lipinski definition) is 3. The van der Waals surface area contributed by atoms with E-state index in [9.17, 15) is 0 Å². The molecule has 0 aromatic heterocycles. The monoisotopic (exact) mass is 198 g/mol. The zero-order valence-corrected chi connectivity index (χ0v) is 9.24. The van der Waals surface area contributed by atoms with Gasteiger partial charge in [-0.2, -0.15) is 0 Å². The van der Waals surface area contributed by atoms with Crippen LogP contribution in [0.25, 0.3) is 0 Å². The number of rotatable bonds is 2. The molecule has 0 saturated carbocycles. The summed E-state index contributed by atoms with van der Waals surface area (Å²) in [5.41, 5.74) is 0. The van der Waals surface area contributed by atoms with Crippen LogP contribution in [0, 0.1) is 5.92 Å². The third-order valence-corrected chi connectivity index (χ3v) is 3.37. The summed E-state index contributed by atoms with van der Waals surface area (Å²) in [7, 11) is 2.21. The summed E-state index contributed by atoms with van der Waals surface area (Å²) in [5.74, 6) is 0.798. The lowest BCUT2D eigenvalue weighted by Crippen LogP contribution is -2.46. The predicted octanol–water partition coefficient (Wildman–Crippen LogP) is 0.660. The quantitative estimate of drug-likeness (QED) is 0.648. The first-order valence-corrected chi connectivity index (χ1v) is 5.83. The van der Waals surface area contributed by atoms with Crippen molar-refractivity contribution in [1.29, 1.82) is 0 Å². The van der Waals surface area contributed by atoms with Gasteiger partial charge in [0.2, 0.25) is 0 Å². The molecule has 0 aromatic rings. The number of piperazine rings is 1. The molecular formula is C11H22N2O. The summed E-state index contributed by atoms with van der Waals surface area (Å²) in [6, 6.07) is 0. The van der Waals surface area contributed by atoms with Crippen LogP contribution in [0.5, 0.6) is 0 Å². The van der Waals surface area contributed by atoms with E-state index < -0.39 is 0 Å². The maximum Gasteiger partial charge on any atom is 0.0506 e. The summed E-state index contributed by atoms with van der Waals surface area (Å²) in [6.45, 7) is 8.18. The fraction of sp³-hybridized carbons (Fsp3) is 1.00. The Balaban J connectivity index is 1.68. The van der Waals surface area contributed by atoms with Crippen molar-refractivity contribution in [2.24, 2.45) is 5.92 Å². The van der Waals surface area contributed by atoms with Gasteiger partial charge in [-0.1, -0.05) is 0 Å². The Labute approximate surface area is 87.0 Å². The highest BCUT2D eigenvalue weighted by atomic mass is 16.5. The van der Waals surface area contributed by atoms with Gasteiger partial charge in [-0.15, -0.1) is 0 Å². The maximum atomic E-state index is 5.51. The van der Waals surface area contributed by atoms with Crippen molar-refractivity contribution >= 4 is 0 Å². The average molecular weight is 198 g/mol. The van der Waals surface area contributed by atoms with Gasteiger partial charge in [-0.05, 0) is 25.8 Å². The molecule has 1 unspecified atom stereocenters. The molecule has 2 aliphatic rings. The molecule has 0 amide bonds. The van der Waals surface area contributed by atoms with Gasteiger partial charge in [0.05, 0.1) is 6.61 Å². The minimum atomic E-state index is 0.798. The van der Waals surface area contributed by atoms with Gasteiger partial charge in [-0.25, -0.2) is 0 Å². The summed E-state index contributed by atoms with van der Waals surface area (Å²) in [4.78, 5) is 5.01. The Morgan fingerprint density at radius 3 is 2.64 bits per heavy atom. The first kappa shape index (κ1) is 10.4. The van der Waals surface area contributed by atoms with Crippen molar-refractivity contribution in [1.82, 2.24) is 9.80 Å². The van der Waals surface area contributed by atoms with E-state index in [0.717, 1.165) is 19.1 Å². The van der Waals surface area contributed by atoms with E-state index >= 15 is 0 Å². The normalized spacial score (nSPS) is 31.9. The zero-order chi connectivity index (χ0) is 9.80. The highest BCUT2D eigenvalue weighted by Crippen LogP contribution is 2.15. The highest BCUT2D eigenvalue weighted by Gasteiger charge is 2.20. The standard InChI is InChI=1S/C11H22N2O/c1-12-4-6-13(7-5-12)9-11-3-2-8-14-10-11/h11H,2-10H2,1H3. The van der Waals surface area contributed by atoms with E-state index in [1.54, 1.807) is 0 Å². The van der Waals surface area contributed by atoms with Gasteiger partial charge < -0.3 is 14.5 Å². The average Bonchev–Trinajstić information content (AvgIpc) is 2.23. The third kappa shape index (κ3) is 2.94. The van der Waals surface area contributed by atoms with Crippen molar-refractivity contribution in [3.8, 4) is 0 Å². The van der Waals surface area contributed by atoms with Gasteiger partial charge in [0.25, 0.3) is 0 Å². The minimum absolute atomic E-state index is 0.798. The van der Waals surface area contributed by atoms with Crippen LogP contribution in [0.2, 0.25) is 0 Å². The molecule has 0 radical (unpaired) electrons. The van der Waals surface area contributed by atoms with Crippen molar-refractivity contribution in [2.45, 2.75) is 12.8 Å². The second-order valence-corrected chi connectivity index (χ2v) is 4.69. The Bertz CT molecular complexity index is 161. The largest absolute Gasteiger partial charge is 0.381 e. The van der Waals surface area contributed by atoms with Gasteiger partial charge >= 0.3 is 0 Å². The molecule has 0 N–H and O–H groups in total. The minimum Gasteiger partial charge on any atom is -0.381 e. The number of ether oxygens (including phenoxy) is 1. The van der Waals surface area contributed by atoms with E-state index in [1.807, 2.05) is 0 Å². The Morgan fingerprint density at radius 1 is 1.21 bits per heavy atom. The predicted molar refractivity (Wildman–Crippen MR) is 57.5 cm³/mol. The molecule has 3 nitrogen and oxygen atoms in total. The van der Waals surface area contributed by atoms with E-state index in [-0.39, 0.29) is 0 Å². The van der Waals surface area contributed by atoms with Crippen LogP contribution in [0.3, 0.4) is 0 Å². The number of likely N-dealkylation sites (N-methyl/N-ethyl adjacent to an activating group) is 1. The molecule has 14 heavy (non-hydrogen) atoms. The number of nitrogens with zero attached hydrogens (tertiary/aromatic N) is 2. The first-order chi connectivity index (χ1) is 6.84. The summed E-state index contributed by atoms with van der Waals surface area (Å²) in [5, 5.41) is 0. The Hall–Kier alpha value is -0.120. The van der Waals surface area contributed by atoms with Gasteiger partial charge in [0.15, 0.2) is 0 Å². The first-order valence-electron chi connectivity index (χ1n) is 5.83. The van der Waals surface area contributed by atoms with E-state index in [0.29, 0.717) is 0 Å². The molecule has 82 valence electrons. The maximum absolute atomic E-state index is 5.51. The Morgan fingerprint density at radius 2 is 2.00 bits per heavy atom. The molecule has 0 aromatic carbocycles. The van der Waals surface area contributed by atoms with Crippen molar-refractivity contribution < 1.29 is 4.74 Å². The second kappa shape index (κ2) is 5.10. The lowest BCUT2D eigenvalue weighted by Gasteiger charge is -2.35. The van der Waals surface area contributed by atoms with Crippen molar-refractivity contribution in [3.05, 3.63) is 0 Å². The topological polar surface area (TPSA) is 15.7 Å². The van der Waals surface area contributed by atoms with Crippen LogP contribution in [0.15, 0.2) is 0 Å². The van der Waals surface area contributed by atoms with Gasteiger partial charge in [0, 0.05) is 39.3 Å². The molecule has 2 fully saturated rings.